The molecule has 0 aliphatic heterocycles. The van der Waals surface area contributed by atoms with Gasteiger partial charge in [-0.3, -0.25) is 0 Å². The zero-order valence-electron chi connectivity index (χ0n) is 13.3. The van der Waals surface area contributed by atoms with E-state index in [1.165, 1.54) is 4.31 Å². The van der Waals surface area contributed by atoms with Crippen molar-refractivity contribution in [1.29, 1.82) is 0 Å². The third-order valence-electron chi connectivity index (χ3n) is 3.12. The predicted octanol–water partition coefficient (Wildman–Crippen LogP) is 3.49. The molecule has 0 heterocycles. The molecular weight excluding hydrogens is 310 g/mol. The average Bonchev–Trinajstić information content (AvgIpc) is 2.43. The Labute approximate surface area is 133 Å². The molecule has 0 unspecified atom stereocenters. The van der Waals surface area contributed by atoms with E-state index in [-0.39, 0.29) is 22.7 Å². The molecule has 1 aromatic rings. The van der Waals surface area contributed by atoms with Crippen LogP contribution in [0.15, 0.2) is 23.1 Å². The summed E-state index contributed by atoms with van der Waals surface area (Å²) in [4.78, 5) is 0.258. The molecule has 0 aliphatic rings. The molecule has 0 fully saturated rings. The summed E-state index contributed by atoms with van der Waals surface area (Å²) in [5, 5.41) is 0. The molecule has 0 atom stereocenters. The number of methoxy groups -OCH3 is 1. The van der Waals surface area contributed by atoms with Crippen molar-refractivity contribution in [2.45, 2.75) is 44.5 Å². The van der Waals surface area contributed by atoms with Crippen molar-refractivity contribution in [3.05, 3.63) is 23.8 Å². The Morgan fingerprint density at radius 1 is 1.24 bits per heavy atom. The average molecular weight is 334 g/mol. The summed E-state index contributed by atoms with van der Waals surface area (Å²) in [5.74, 6) is 1.06. The molecule has 0 saturated heterocycles. The number of sulfonamides is 1. The lowest BCUT2D eigenvalue weighted by molar-refractivity contribution is 0.319. The van der Waals surface area contributed by atoms with Crippen LogP contribution in [0.3, 0.4) is 0 Å². The van der Waals surface area contributed by atoms with Gasteiger partial charge in [-0.25, -0.2) is 8.42 Å². The Hall–Kier alpha value is -0.780. The second kappa shape index (κ2) is 7.47. The molecule has 0 saturated carbocycles. The number of hydrogen-bond acceptors (Lipinski definition) is 3. The van der Waals surface area contributed by atoms with E-state index in [2.05, 4.69) is 0 Å². The van der Waals surface area contributed by atoms with Crippen LogP contribution < -0.4 is 4.74 Å². The number of hydrogen-bond donors (Lipinski definition) is 0. The van der Waals surface area contributed by atoms with Crippen molar-refractivity contribution in [2.75, 3.05) is 13.7 Å². The zero-order valence-corrected chi connectivity index (χ0v) is 14.8. The largest absolute Gasteiger partial charge is 0.496 e. The lowest BCUT2D eigenvalue weighted by Gasteiger charge is -2.27. The van der Waals surface area contributed by atoms with Crippen LogP contribution in [0.4, 0.5) is 0 Å². The summed E-state index contributed by atoms with van der Waals surface area (Å²) in [6, 6.07) is 4.72. The van der Waals surface area contributed by atoms with Crippen LogP contribution in [0, 0.1) is 5.92 Å². The first kappa shape index (κ1) is 18.3. The number of halogens is 1. The van der Waals surface area contributed by atoms with Gasteiger partial charge in [0.25, 0.3) is 0 Å². The third kappa shape index (κ3) is 4.34. The first-order chi connectivity index (χ1) is 9.73. The lowest BCUT2D eigenvalue weighted by Crippen LogP contribution is -2.39. The molecule has 6 heteroatoms. The fraction of sp³-hybridized carbons (Fsp3) is 0.600. The highest BCUT2D eigenvalue weighted by molar-refractivity contribution is 7.89. The topological polar surface area (TPSA) is 46.6 Å². The smallest absolute Gasteiger partial charge is 0.243 e. The van der Waals surface area contributed by atoms with Gasteiger partial charge in [0, 0.05) is 18.2 Å². The van der Waals surface area contributed by atoms with Gasteiger partial charge >= 0.3 is 0 Å². The Balaban J connectivity index is 3.28. The molecule has 4 nitrogen and oxygen atoms in total. The van der Waals surface area contributed by atoms with Gasteiger partial charge in [-0.05, 0) is 38.0 Å². The lowest BCUT2D eigenvalue weighted by atomic mass is 10.2. The molecule has 0 aromatic heterocycles. The van der Waals surface area contributed by atoms with Crippen molar-refractivity contribution in [2.24, 2.45) is 5.92 Å². The van der Waals surface area contributed by atoms with Crippen LogP contribution in [0.25, 0.3) is 0 Å². The SMILES string of the molecule is COc1ccc(S(=O)(=O)N(CC(C)C)C(C)C)cc1CCl. The molecule has 0 bridgehead atoms. The van der Waals surface area contributed by atoms with E-state index >= 15 is 0 Å². The van der Waals surface area contributed by atoms with Gasteiger partial charge in [0.2, 0.25) is 10.0 Å². The van der Waals surface area contributed by atoms with Crippen molar-refractivity contribution >= 4 is 21.6 Å². The standard InChI is InChI=1S/C15H24ClNO3S/c1-11(2)10-17(12(3)4)21(18,19)14-6-7-15(20-5)13(8-14)9-16/h6-8,11-12H,9-10H2,1-5H3. The molecule has 21 heavy (non-hydrogen) atoms. The first-order valence-electron chi connectivity index (χ1n) is 6.98. The second-order valence-corrected chi connectivity index (χ2v) is 7.83. The minimum Gasteiger partial charge on any atom is -0.496 e. The molecule has 0 radical (unpaired) electrons. The maximum atomic E-state index is 12.8. The summed E-state index contributed by atoms with van der Waals surface area (Å²) in [7, 11) is -1.99. The van der Waals surface area contributed by atoms with Gasteiger partial charge in [0.1, 0.15) is 5.75 Å². The Morgan fingerprint density at radius 2 is 1.86 bits per heavy atom. The van der Waals surface area contributed by atoms with Crippen molar-refractivity contribution in [1.82, 2.24) is 4.31 Å². The minimum absolute atomic E-state index is 0.0982. The van der Waals surface area contributed by atoms with E-state index < -0.39 is 10.0 Å². The third-order valence-corrected chi connectivity index (χ3v) is 5.45. The van der Waals surface area contributed by atoms with E-state index in [0.29, 0.717) is 17.9 Å². The molecule has 0 N–H and O–H groups in total. The highest BCUT2D eigenvalue weighted by Gasteiger charge is 2.28. The van der Waals surface area contributed by atoms with Crippen LogP contribution in [0.5, 0.6) is 5.75 Å². The maximum absolute atomic E-state index is 12.8. The van der Waals surface area contributed by atoms with Crippen molar-refractivity contribution < 1.29 is 13.2 Å². The van der Waals surface area contributed by atoms with Gasteiger partial charge in [0.15, 0.2) is 0 Å². The maximum Gasteiger partial charge on any atom is 0.243 e. The highest BCUT2D eigenvalue weighted by Crippen LogP contribution is 2.27. The number of rotatable bonds is 7. The van der Waals surface area contributed by atoms with Crippen LogP contribution >= 0.6 is 11.6 Å². The fourth-order valence-electron chi connectivity index (χ4n) is 2.10. The highest BCUT2D eigenvalue weighted by atomic mass is 35.5. The van der Waals surface area contributed by atoms with Crippen LogP contribution in [0.1, 0.15) is 33.3 Å². The molecule has 1 rings (SSSR count). The molecule has 120 valence electrons. The van der Waals surface area contributed by atoms with Crippen LogP contribution in [-0.2, 0) is 15.9 Å². The Bertz CT molecular complexity index is 570. The van der Waals surface area contributed by atoms with E-state index in [0.717, 1.165) is 0 Å². The monoisotopic (exact) mass is 333 g/mol. The van der Waals surface area contributed by atoms with E-state index in [4.69, 9.17) is 16.3 Å². The summed E-state index contributed by atoms with van der Waals surface area (Å²) in [6.07, 6.45) is 0. The number of ether oxygens (including phenoxy) is 1. The van der Waals surface area contributed by atoms with Gasteiger partial charge in [-0.15, -0.1) is 11.6 Å². The minimum atomic E-state index is -3.53. The quantitative estimate of drug-likeness (QED) is 0.717. The van der Waals surface area contributed by atoms with E-state index in [1.807, 2.05) is 27.7 Å². The summed E-state index contributed by atoms with van der Waals surface area (Å²) in [5.41, 5.74) is 0.675. The summed E-state index contributed by atoms with van der Waals surface area (Å²) >= 11 is 5.87. The Kier molecular flexibility index (Phi) is 6.50. The van der Waals surface area contributed by atoms with Crippen molar-refractivity contribution in [3.8, 4) is 5.75 Å². The van der Waals surface area contributed by atoms with E-state index in [9.17, 15) is 8.42 Å². The Morgan fingerprint density at radius 3 is 2.29 bits per heavy atom. The molecule has 1 aromatic carbocycles. The second-order valence-electron chi connectivity index (χ2n) is 5.67. The zero-order chi connectivity index (χ0) is 16.2. The summed E-state index contributed by atoms with van der Waals surface area (Å²) in [6.45, 7) is 8.26. The van der Waals surface area contributed by atoms with Crippen LogP contribution in [-0.4, -0.2) is 32.4 Å². The number of benzene rings is 1. The number of nitrogens with zero attached hydrogens (tertiary/aromatic N) is 1. The molecular formula is C15H24ClNO3S. The van der Waals surface area contributed by atoms with E-state index in [1.54, 1.807) is 25.3 Å². The van der Waals surface area contributed by atoms with Gasteiger partial charge in [-0.1, -0.05) is 13.8 Å². The van der Waals surface area contributed by atoms with Crippen LogP contribution in [0.2, 0.25) is 0 Å². The van der Waals surface area contributed by atoms with Gasteiger partial charge < -0.3 is 4.74 Å². The first-order valence-corrected chi connectivity index (χ1v) is 8.96. The molecule has 0 spiro atoms. The summed E-state index contributed by atoms with van der Waals surface area (Å²) < 4.78 is 32.3. The molecule has 0 aliphatic carbocycles. The predicted molar refractivity (Wildman–Crippen MR) is 86.4 cm³/mol. The van der Waals surface area contributed by atoms with Gasteiger partial charge in [0.05, 0.1) is 17.9 Å². The molecule has 0 amide bonds. The normalized spacial score (nSPS) is 12.4. The van der Waals surface area contributed by atoms with Crippen molar-refractivity contribution in [3.63, 3.8) is 0 Å². The fourth-order valence-corrected chi connectivity index (χ4v) is 4.16. The van der Waals surface area contributed by atoms with Gasteiger partial charge in [-0.2, -0.15) is 4.31 Å². The number of alkyl halides is 1.